The lowest BCUT2D eigenvalue weighted by atomic mass is 10.0. The van der Waals surface area contributed by atoms with Gasteiger partial charge in [-0.3, -0.25) is 14.3 Å². The Hall–Kier alpha value is -1.33. The molecule has 0 unspecified atom stereocenters. The number of hydrogen-bond acceptors (Lipinski definition) is 6. The molecule has 2 heterocycles. The summed E-state index contributed by atoms with van der Waals surface area (Å²) in [7, 11) is 0. The zero-order valence-corrected chi connectivity index (χ0v) is 11.0. The Labute approximate surface area is 120 Å². The topological polar surface area (TPSA) is 125 Å². The largest absolute Gasteiger partial charge is 0.394 e. The quantitative estimate of drug-likeness (QED) is 0.520. The Bertz CT molecular complexity index is 649. The third-order valence-corrected chi connectivity index (χ3v) is 3.51. The number of alkyl halides is 2. The van der Waals surface area contributed by atoms with Crippen molar-refractivity contribution in [2.24, 2.45) is 0 Å². The lowest BCUT2D eigenvalue weighted by Crippen LogP contribution is -2.56. The number of rotatable bonds is 3. The fraction of sp³-hybridized carbons (Fsp3) is 0.600. The summed E-state index contributed by atoms with van der Waals surface area (Å²) < 4.78 is 31.9. The van der Waals surface area contributed by atoms with Gasteiger partial charge < -0.3 is 20.1 Å². The van der Waals surface area contributed by atoms with E-state index in [1.54, 1.807) is 4.98 Å². The van der Waals surface area contributed by atoms with E-state index in [9.17, 15) is 28.6 Å². The van der Waals surface area contributed by atoms with Gasteiger partial charge in [-0.15, -0.1) is 0 Å². The molecule has 1 aromatic heterocycles. The summed E-state index contributed by atoms with van der Waals surface area (Å²) in [6.07, 6.45) is -8.51. The van der Waals surface area contributed by atoms with Crippen LogP contribution in [-0.2, 0) is 10.5 Å². The first-order valence-corrected chi connectivity index (χ1v) is 6.08. The van der Waals surface area contributed by atoms with Gasteiger partial charge in [0.15, 0.2) is 0 Å². The van der Waals surface area contributed by atoms with Crippen LogP contribution in [0.2, 0.25) is 5.02 Å². The minimum Gasteiger partial charge on any atom is -0.394 e. The Kier molecular flexibility index (Phi) is 4.17. The molecule has 1 aromatic rings. The maximum Gasteiger partial charge on any atom is 0.331 e. The zero-order valence-electron chi connectivity index (χ0n) is 10.2. The number of ether oxygens (including phenoxy) is 1. The molecule has 1 aliphatic rings. The van der Waals surface area contributed by atoms with Gasteiger partial charge in [0.1, 0.15) is 23.3 Å². The van der Waals surface area contributed by atoms with Crippen LogP contribution in [0.4, 0.5) is 8.78 Å². The van der Waals surface area contributed by atoms with E-state index in [0.717, 1.165) is 0 Å². The average molecular weight is 329 g/mol. The average Bonchev–Trinajstić information content (AvgIpc) is 2.68. The highest BCUT2D eigenvalue weighted by Crippen LogP contribution is 2.39. The van der Waals surface area contributed by atoms with Crippen LogP contribution in [0.15, 0.2) is 15.8 Å². The van der Waals surface area contributed by atoms with Crippen molar-refractivity contribution in [2.45, 2.75) is 30.5 Å². The van der Waals surface area contributed by atoms with Gasteiger partial charge in [0.05, 0.1) is 6.61 Å². The summed E-state index contributed by atoms with van der Waals surface area (Å²) in [4.78, 5) is 24.6. The Morgan fingerprint density at radius 1 is 1.48 bits per heavy atom. The summed E-state index contributed by atoms with van der Waals surface area (Å²) in [6.45, 7) is -0.863. The van der Waals surface area contributed by atoms with Crippen molar-refractivity contribution in [1.29, 1.82) is 0 Å². The van der Waals surface area contributed by atoms with Crippen molar-refractivity contribution in [2.75, 3.05) is 6.61 Å². The Balaban J connectivity index is 2.68. The van der Waals surface area contributed by atoms with Gasteiger partial charge in [-0.05, 0) is 0 Å². The molecule has 1 fully saturated rings. The summed E-state index contributed by atoms with van der Waals surface area (Å²) in [5, 5.41) is 27.9. The summed E-state index contributed by atoms with van der Waals surface area (Å²) in [5.41, 5.74) is -5.29. The van der Waals surface area contributed by atoms with Crippen LogP contribution in [0.1, 0.15) is 0 Å². The Morgan fingerprint density at radius 2 is 2.10 bits per heavy atom. The highest BCUT2D eigenvalue weighted by atomic mass is 35.5. The molecule has 0 radical (unpaired) electrons. The Morgan fingerprint density at radius 3 is 2.57 bits per heavy atom. The van der Waals surface area contributed by atoms with E-state index >= 15 is 0 Å². The summed E-state index contributed by atoms with van der Waals surface area (Å²) in [5.74, 6) is 0. The molecule has 1 aliphatic heterocycles. The monoisotopic (exact) mass is 328 g/mol. The van der Waals surface area contributed by atoms with Gasteiger partial charge >= 0.3 is 5.69 Å². The molecular weight excluding hydrogens is 318 g/mol. The van der Waals surface area contributed by atoms with Crippen molar-refractivity contribution in [3.05, 3.63) is 32.1 Å². The smallest absolute Gasteiger partial charge is 0.331 e. The van der Waals surface area contributed by atoms with Gasteiger partial charge in [-0.2, -0.15) is 0 Å². The predicted molar refractivity (Wildman–Crippen MR) is 64.3 cm³/mol. The van der Waals surface area contributed by atoms with E-state index in [1.165, 1.54) is 0 Å². The lowest BCUT2D eigenvalue weighted by Gasteiger charge is -2.32. The molecule has 0 spiro atoms. The van der Waals surface area contributed by atoms with E-state index in [0.29, 0.717) is 6.20 Å². The summed E-state index contributed by atoms with van der Waals surface area (Å²) >= 11 is 5.49. The van der Waals surface area contributed by atoms with E-state index < -0.39 is 53.3 Å². The molecule has 118 valence electrons. The molecule has 0 aromatic carbocycles. The van der Waals surface area contributed by atoms with Crippen LogP contribution in [0, 0.1) is 0 Å². The molecule has 0 aliphatic carbocycles. The molecule has 4 N–H and O–H groups in total. The lowest BCUT2D eigenvalue weighted by molar-refractivity contribution is -0.223. The van der Waals surface area contributed by atoms with Crippen LogP contribution in [0.5, 0.6) is 0 Å². The van der Waals surface area contributed by atoms with Crippen LogP contribution in [0.25, 0.3) is 0 Å². The van der Waals surface area contributed by atoms with Gasteiger partial charge in [-0.25, -0.2) is 13.6 Å². The third kappa shape index (κ3) is 2.28. The molecule has 0 bridgehead atoms. The number of hydrogen-bond donors (Lipinski definition) is 4. The van der Waals surface area contributed by atoms with Crippen molar-refractivity contribution in [1.82, 2.24) is 9.55 Å². The van der Waals surface area contributed by atoms with Crippen LogP contribution < -0.4 is 11.2 Å². The predicted octanol–water partition coefficient (Wildman–Crippen LogP) is -1.78. The van der Waals surface area contributed by atoms with Crippen LogP contribution in [-0.4, -0.2) is 56.2 Å². The molecule has 8 nitrogen and oxygen atoms in total. The van der Waals surface area contributed by atoms with Crippen LogP contribution in [0.3, 0.4) is 0 Å². The molecule has 21 heavy (non-hydrogen) atoms. The van der Waals surface area contributed by atoms with Gasteiger partial charge in [0.25, 0.3) is 12.0 Å². The minimum absolute atomic E-state index is 0.199. The van der Waals surface area contributed by atoms with Crippen molar-refractivity contribution in [3.63, 3.8) is 0 Å². The normalized spacial score (nSPS) is 32.8. The highest BCUT2D eigenvalue weighted by Gasteiger charge is 2.61. The second kappa shape index (κ2) is 5.46. The molecule has 0 saturated carbocycles. The number of H-pyrrole nitrogens is 1. The maximum atomic E-state index is 13.5. The molecule has 4 atom stereocenters. The number of aliphatic hydroxyl groups excluding tert-OH is 3. The van der Waals surface area contributed by atoms with Crippen LogP contribution >= 0.6 is 11.6 Å². The van der Waals surface area contributed by atoms with Crippen molar-refractivity contribution in [3.8, 4) is 0 Å². The maximum absolute atomic E-state index is 13.5. The number of aromatic amines is 1. The minimum atomic E-state index is -3.46. The first-order chi connectivity index (χ1) is 9.75. The van der Waals surface area contributed by atoms with Gasteiger partial charge in [-0.1, -0.05) is 11.6 Å². The SMILES string of the molecule is O=c1[nH]c(=O)n([C@]2(C(F)F)O[C@H](CO)[C@@H](O)[C@H]2O)cc1Cl. The summed E-state index contributed by atoms with van der Waals surface area (Å²) in [6, 6.07) is 0. The second-order valence-electron chi connectivity index (χ2n) is 4.43. The number of aromatic nitrogens is 2. The molecule has 2 rings (SSSR count). The van der Waals surface area contributed by atoms with E-state index in [-0.39, 0.29) is 4.57 Å². The van der Waals surface area contributed by atoms with E-state index in [4.69, 9.17) is 21.4 Å². The van der Waals surface area contributed by atoms with E-state index in [1.807, 2.05) is 0 Å². The molecule has 11 heteroatoms. The third-order valence-electron chi connectivity index (χ3n) is 3.24. The van der Waals surface area contributed by atoms with Crippen molar-refractivity contribution < 1.29 is 28.8 Å². The zero-order chi connectivity index (χ0) is 15.9. The number of nitrogens with zero attached hydrogens (tertiary/aromatic N) is 1. The fourth-order valence-corrected chi connectivity index (χ4v) is 2.31. The first-order valence-electron chi connectivity index (χ1n) is 5.70. The molecule has 1 saturated heterocycles. The second-order valence-corrected chi connectivity index (χ2v) is 4.84. The van der Waals surface area contributed by atoms with Crippen molar-refractivity contribution >= 4 is 11.6 Å². The number of halogens is 3. The first kappa shape index (κ1) is 16.0. The van der Waals surface area contributed by atoms with Gasteiger partial charge in [0.2, 0.25) is 5.72 Å². The number of aliphatic hydroxyl groups is 3. The molecule has 0 amide bonds. The number of nitrogens with one attached hydrogen (secondary N) is 1. The molecular formula is C10H11ClF2N2O6. The van der Waals surface area contributed by atoms with Gasteiger partial charge in [0, 0.05) is 6.20 Å². The fourth-order valence-electron chi connectivity index (χ4n) is 2.17. The van der Waals surface area contributed by atoms with E-state index in [2.05, 4.69) is 0 Å². The standard InChI is InChI=1S/C10H11ClF2N2O6/c11-3-1-15(9(20)14-7(3)19)10(8(12)13)6(18)5(17)4(2-16)21-10/h1,4-6,8,16-18H,2H2,(H,14,19,20)/t4-,5-,6-,10+/m1/s1. The highest BCUT2D eigenvalue weighted by molar-refractivity contribution is 6.30.